The Balaban J connectivity index is 0.873. The highest BCUT2D eigenvalue weighted by molar-refractivity contribution is 6.21. The van der Waals surface area contributed by atoms with Crippen LogP contribution in [0.1, 0.15) is 94.5 Å². The van der Waals surface area contributed by atoms with Gasteiger partial charge in [0.25, 0.3) is 0 Å². The topological polar surface area (TPSA) is 29.5 Å². The van der Waals surface area contributed by atoms with Gasteiger partial charge >= 0.3 is 0 Å². The third-order valence-corrected chi connectivity index (χ3v) is 23.5. The first-order chi connectivity index (χ1) is 49.6. The molecule has 476 valence electrons. The van der Waals surface area contributed by atoms with Crippen molar-refractivity contribution < 1.29 is 8.83 Å². The van der Waals surface area contributed by atoms with E-state index in [1.807, 2.05) is 0 Å². The second-order valence-corrected chi connectivity index (χ2v) is 29.2. The molecule has 0 fully saturated rings. The molecule has 0 saturated carbocycles. The summed E-state index contributed by atoms with van der Waals surface area (Å²) in [5.41, 5.74) is 34.0. The maximum Gasteiger partial charge on any atom is 0.144 e. The van der Waals surface area contributed by atoms with Crippen molar-refractivity contribution in [2.75, 3.05) is 4.90 Å². The van der Waals surface area contributed by atoms with E-state index in [9.17, 15) is 0 Å². The van der Waals surface area contributed by atoms with Crippen molar-refractivity contribution >= 4 is 60.9 Å². The van der Waals surface area contributed by atoms with Gasteiger partial charge in [0.2, 0.25) is 0 Å². The van der Waals surface area contributed by atoms with Crippen molar-refractivity contribution in [3.8, 4) is 66.8 Å². The highest BCUT2D eigenvalue weighted by atomic mass is 16.3. The summed E-state index contributed by atoms with van der Waals surface area (Å²) in [7, 11) is 0. The zero-order chi connectivity index (χ0) is 67.1. The SMILES string of the molecule is CC1(C)c2cc(N(c3ccc4c(c3)C(c3ccccc3)(c3ccccc3)c3cc5c(cc3-4)C(c3ccccc3)(c3ccccc3)c3ccc4oc6ccccc6c4c3-5)c3c(-c4ccccc4)cccc3-c3ccccc3)ccc2-c2c1c1c(c3c2oc2ccccc23)-c2ccccc2C1(C)C. The Bertz CT molecular complexity index is 6160. The van der Waals surface area contributed by atoms with E-state index < -0.39 is 16.2 Å². The lowest BCUT2D eigenvalue weighted by molar-refractivity contribution is 0.600. The van der Waals surface area contributed by atoms with Gasteiger partial charge in [-0.05, 0) is 171 Å². The van der Waals surface area contributed by atoms with Crippen molar-refractivity contribution in [1.82, 2.24) is 0 Å². The summed E-state index contributed by atoms with van der Waals surface area (Å²) in [4.78, 5) is 2.61. The molecule has 21 rings (SSSR count). The molecule has 2 aromatic heterocycles. The molecular formula is C98H67NO2. The third-order valence-electron chi connectivity index (χ3n) is 23.5. The molecule has 15 aromatic carbocycles. The van der Waals surface area contributed by atoms with Crippen molar-refractivity contribution in [2.24, 2.45) is 0 Å². The number of anilines is 3. The predicted octanol–water partition coefficient (Wildman–Crippen LogP) is 25.6. The molecule has 4 aliphatic carbocycles. The molecule has 0 bridgehead atoms. The van der Waals surface area contributed by atoms with Gasteiger partial charge < -0.3 is 13.7 Å². The van der Waals surface area contributed by atoms with E-state index in [0.29, 0.717) is 0 Å². The van der Waals surface area contributed by atoms with Gasteiger partial charge in [-0.3, -0.25) is 0 Å². The number of benzene rings is 15. The van der Waals surface area contributed by atoms with Crippen LogP contribution in [0.25, 0.3) is 111 Å². The van der Waals surface area contributed by atoms with Crippen LogP contribution >= 0.6 is 0 Å². The van der Waals surface area contributed by atoms with E-state index in [4.69, 9.17) is 8.83 Å². The Morgan fingerprint density at radius 2 is 0.683 bits per heavy atom. The van der Waals surface area contributed by atoms with Gasteiger partial charge in [0.15, 0.2) is 0 Å². The maximum absolute atomic E-state index is 7.28. The summed E-state index contributed by atoms with van der Waals surface area (Å²) in [6.45, 7) is 9.81. The lowest BCUT2D eigenvalue weighted by Gasteiger charge is -2.36. The molecule has 17 aromatic rings. The molecule has 0 spiro atoms. The van der Waals surface area contributed by atoms with Crippen molar-refractivity contribution in [3.63, 3.8) is 0 Å². The van der Waals surface area contributed by atoms with Crippen LogP contribution in [0.2, 0.25) is 0 Å². The van der Waals surface area contributed by atoms with Crippen LogP contribution in [0.3, 0.4) is 0 Å². The van der Waals surface area contributed by atoms with Gasteiger partial charge in [-0.25, -0.2) is 0 Å². The van der Waals surface area contributed by atoms with Gasteiger partial charge in [0, 0.05) is 60.4 Å². The fourth-order valence-electron chi connectivity index (χ4n) is 19.4. The van der Waals surface area contributed by atoms with E-state index in [0.717, 1.165) is 77.8 Å². The molecule has 0 saturated heterocycles. The Hall–Kier alpha value is -12.3. The van der Waals surface area contributed by atoms with E-state index in [2.05, 4.69) is 366 Å². The lowest BCUT2D eigenvalue weighted by Crippen LogP contribution is -2.30. The molecule has 3 heteroatoms. The van der Waals surface area contributed by atoms with E-state index in [1.54, 1.807) is 0 Å². The molecule has 0 radical (unpaired) electrons. The summed E-state index contributed by atoms with van der Waals surface area (Å²) < 4.78 is 14.2. The molecule has 0 aliphatic heterocycles. The van der Waals surface area contributed by atoms with E-state index in [-0.39, 0.29) is 5.41 Å². The van der Waals surface area contributed by atoms with Gasteiger partial charge in [-0.1, -0.05) is 307 Å². The Labute approximate surface area is 587 Å². The monoisotopic (exact) mass is 1290 g/mol. The second-order valence-electron chi connectivity index (χ2n) is 29.2. The second kappa shape index (κ2) is 21.1. The zero-order valence-corrected chi connectivity index (χ0v) is 56.5. The van der Waals surface area contributed by atoms with E-state index in [1.165, 1.54) is 117 Å². The average molecular weight is 1290 g/mol. The van der Waals surface area contributed by atoms with Gasteiger partial charge in [0.1, 0.15) is 22.3 Å². The van der Waals surface area contributed by atoms with Gasteiger partial charge in [-0.15, -0.1) is 0 Å². The summed E-state index contributed by atoms with van der Waals surface area (Å²) in [6, 6.07) is 125. The summed E-state index contributed by atoms with van der Waals surface area (Å²) >= 11 is 0. The first kappa shape index (κ1) is 57.7. The molecule has 0 amide bonds. The van der Waals surface area contributed by atoms with Crippen LogP contribution in [-0.4, -0.2) is 0 Å². The largest absolute Gasteiger partial charge is 0.456 e. The number of furan rings is 2. The number of nitrogens with zero attached hydrogens (tertiary/aromatic N) is 1. The predicted molar refractivity (Wildman–Crippen MR) is 416 cm³/mol. The third kappa shape index (κ3) is 7.67. The fraction of sp³-hybridized carbons (Fsp3) is 0.0816. The molecule has 0 N–H and O–H groups in total. The number of hydrogen-bond donors (Lipinski definition) is 0. The summed E-state index contributed by atoms with van der Waals surface area (Å²) in [6.07, 6.45) is 0. The number of rotatable bonds is 9. The highest BCUT2D eigenvalue weighted by Gasteiger charge is 2.54. The number of fused-ring (bicyclic) bond motifs is 22. The molecule has 101 heavy (non-hydrogen) atoms. The van der Waals surface area contributed by atoms with Crippen LogP contribution in [0.5, 0.6) is 0 Å². The molecule has 4 aliphatic rings. The van der Waals surface area contributed by atoms with Crippen LogP contribution in [-0.2, 0) is 21.7 Å². The Morgan fingerprint density at radius 3 is 1.28 bits per heavy atom. The maximum atomic E-state index is 7.28. The minimum atomic E-state index is -0.827. The van der Waals surface area contributed by atoms with E-state index >= 15 is 0 Å². The van der Waals surface area contributed by atoms with Crippen molar-refractivity contribution in [2.45, 2.75) is 49.4 Å². The van der Waals surface area contributed by atoms with Crippen molar-refractivity contribution in [3.05, 3.63) is 400 Å². The summed E-state index contributed by atoms with van der Waals surface area (Å²) in [5, 5.41) is 4.60. The molecule has 3 nitrogen and oxygen atoms in total. The minimum Gasteiger partial charge on any atom is -0.456 e. The summed E-state index contributed by atoms with van der Waals surface area (Å²) in [5.74, 6) is 0. The minimum absolute atomic E-state index is 0.296. The Kier molecular flexibility index (Phi) is 12.1. The lowest BCUT2D eigenvalue weighted by atomic mass is 9.66. The Morgan fingerprint density at radius 1 is 0.257 bits per heavy atom. The van der Waals surface area contributed by atoms with Crippen LogP contribution in [0.15, 0.2) is 342 Å². The number of hydrogen-bond acceptors (Lipinski definition) is 3. The van der Waals surface area contributed by atoms with Gasteiger partial charge in [-0.2, -0.15) is 0 Å². The highest BCUT2D eigenvalue weighted by Crippen LogP contribution is 2.67. The van der Waals surface area contributed by atoms with Crippen LogP contribution in [0.4, 0.5) is 17.1 Å². The molecule has 0 unspecified atom stereocenters. The average Bonchev–Trinajstić information content (AvgIpc) is 1.51. The molecular weight excluding hydrogens is 1220 g/mol. The van der Waals surface area contributed by atoms with Crippen molar-refractivity contribution in [1.29, 1.82) is 0 Å². The quantitative estimate of drug-likeness (QED) is 0.144. The van der Waals surface area contributed by atoms with Crippen LogP contribution < -0.4 is 4.90 Å². The first-order valence-corrected chi connectivity index (χ1v) is 35.5. The first-order valence-electron chi connectivity index (χ1n) is 35.5. The van der Waals surface area contributed by atoms with Crippen LogP contribution in [0, 0.1) is 0 Å². The normalized spacial score (nSPS) is 14.9. The molecule has 2 heterocycles. The smallest absolute Gasteiger partial charge is 0.144 e. The molecule has 0 atom stereocenters. The zero-order valence-electron chi connectivity index (χ0n) is 56.5. The standard InChI is InChI=1S/C98H67NO2/c1-95(2)77-47-26-23-42-71(77)88-89-74-44-25-28-49-84(74)101-94(89)90-72-53-51-66(56-79(72)96(3,4)92(90)91(88)95)99(93-68(60-30-11-5-12-31-60)45-29-46-69(93)61-32-13-6-14-33-61)67-50-52-70-75-58-82-76(59-81(75)98(80(70)57-67,64-38-19-9-20-39-64)65-40-21-10-22-41-65)86-78(54-55-85-87(86)73-43-24-27-48-83(73)100-85)97(82,62-34-15-7-16-35-62)63-36-17-8-18-37-63/h5-59H,1-4H3. The van der Waals surface area contributed by atoms with Gasteiger partial charge in [0.05, 0.1) is 16.5 Å². The number of para-hydroxylation sites is 3. The fourth-order valence-corrected chi connectivity index (χ4v) is 19.4.